The van der Waals surface area contributed by atoms with Gasteiger partial charge in [0.1, 0.15) is 17.6 Å². The second-order valence-corrected chi connectivity index (χ2v) is 9.55. The Kier molecular flexibility index (Phi) is 4.76. The van der Waals surface area contributed by atoms with Crippen molar-refractivity contribution >= 4 is 56.7 Å². The molecule has 2 saturated carbocycles. The topological polar surface area (TPSA) is 64.6 Å². The highest BCUT2D eigenvalue weighted by Crippen LogP contribution is 2.60. The number of hydrogen-bond acceptors (Lipinski definition) is 4. The van der Waals surface area contributed by atoms with E-state index in [4.69, 9.17) is 32.7 Å². The SMILES string of the molecule is O=C(Nc1ccc(Oc2ccc(Cl)cc2Cl)cc1)[C@@H]1[C@H]2C[C@H]3[C@H](OC(=O)[C@@H]31)[C@@H]2Br. The number of hydrogen-bond donors (Lipinski definition) is 1. The van der Waals surface area contributed by atoms with Crippen LogP contribution in [0.2, 0.25) is 10.0 Å². The Morgan fingerprint density at radius 2 is 1.90 bits per heavy atom. The lowest BCUT2D eigenvalue weighted by Crippen LogP contribution is -2.40. The normalized spacial score (nSPS) is 31.6. The number of rotatable bonds is 4. The number of nitrogens with one attached hydrogen (secondary N) is 1. The van der Waals surface area contributed by atoms with Crippen LogP contribution in [-0.2, 0) is 14.3 Å². The van der Waals surface area contributed by atoms with Gasteiger partial charge >= 0.3 is 5.97 Å². The molecule has 0 spiro atoms. The quantitative estimate of drug-likeness (QED) is 0.461. The van der Waals surface area contributed by atoms with E-state index in [1.165, 1.54) is 0 Å². The molecule has 29 heavy (non-hydrogen) atoms. The first kappa shape index (κ1) is 19.2. The van der Waals surface area contributed by atoms with Crippen molar-refractivity contribution in [1.29, 1.82) is 0 Å². The van der Waals surface area contributed by atoms with Crippen LogP contribution < -0.4 is 10.1 Å². The number of fused-ring (bicyclic) bond motifs is 1. The molecule has 6 atom stereocenters. The number of anilines is 1. The molecule has 0 radical (unpaired) electrons. The second-order valence-electron chi connectivity index (χ2n) is 7.65. The van der Waals surface area contributed by atoms with Gasteiger partial charge < -0.3 is 14.8 Å². The molecular weight excluding hydrogens is 481 g/mol. The Bertz CT molecular complexity index is 999. The van der Waals surface area contributed by atoms with Crippen LogP contribution in [0.5, 0.6) is 11.5 Å². The third-order valence-electron chi connectivity index (χ3n) is 6.07. The summed E-state index contributed by atoms with van der Waals surface area (Å²) in [6, 6.07) is 12.0. The summed E-state index contributed by atoms with van der Waals surface area (Å²) in [5, 5.41) is 3.88. The molecule has 1 heterocycles. The maximum atomic E-state index is 12.9. The molecule has 5 nitrogen and oxygen atoms in total. The summed E-state index contributed by atoms with van der Waals surface area (Å²) < 4.78 is 11.2. The number of carbonyl (C=O) groups excluding carboxylic acids is 2. The number of amides is 1. The molecule has 5 rings (SSSR count). The molecule has 2 aromatic rings. The molecule has 2 aromatic carbocycles. The summed E-state index contributed by atoms with van der Waals surface area (Å²) in [4.78, 5) is 25.2. The van der Waals surface area contributed by atoms with E-state index in [1.807, 2.05) is 0 Å². The summed E-state index contributed by atoms with van der Waals surface area (Å²) in [7, 11) is 0. The van der Waals surface area contributed by atoms with Crippen LogP contribution in [-0.4, -0.2) is 22.8 Å². The van der Waals surface area contributed by atoms with E-state index < -0.39 is 0 Å². The van der Waals surface area contributed by atoms with Crippen molar-refractivity contribution in [3.05, 3.63) is 52.5 Å². The van der Waals surface area contributed by atoms with Gasteiger partial charge in [0.15, 0.2) is 0 Å². The molecule has 8 heteroatoms. The molecule has 0 aromatic heterocycles. The summed E-state index contributed by atoms with van der Waals surface area (Å²) in [6.45, 7) is 0. The molecule has 3 fully saturated rings. The summed E-state index contributed by atoms with van der Waals surface area (Å²) >= 11 is 15.7. The largest absolute Gasteiger partial charge is 0.461 e. The average molecular weight is 497 g/mol. The molecule has 150 valence electrons. The predicted octanol–water partition coefficient (Wildman–Crippen LogP) is 5.30. The number of esters is 1. The smallest absolute Gasteiger partial charge is 0.310 e. The van der Waals surface area contributed by atoms with Crippen LogP contribution in [0.25, 0.3) is 0 Å². The van der Waals surface area contributed by atoms with Crippen molar-refractivity contribution in [3.8, 4) is 11.5 Å². The van der Waals surface area contributed by atoms with E-state index in [9.17, 15) is 9.59 Å². The van der Waals surface area contributed by atoms with Gasteiger partial charge in [-0.15, -0.1) is 0 Å². The zero-order chi connectivity index (χ0) is 20.3. The third-order valence-corrected chi connectivity index (χ3v) is 7.80. The van der Waals surface area contributed by atoms with Gasteiger partial charge in [-0.3, -0.25) is 9.59 Å². The lowest BCUT2D eigenvalue weighted by molar-refractivity contribution is -0.145. The van der Waals surface area contributed by atoms with Crippen molar-refractivity contribution < 1.29 is 19.1 Å². The standard InChI is InChI=1S/C21H16BrCl2NO4/c22-18-12-8-13-17(21(27)29-19(13)18)16(12)20(26)25-10-2-4-11(5-3-10)28-15-6-1-9(23)7-14(15)24/h1-7,12-13,16-19H,8H2,(H,25,26)/t12-,13-,16-,17+,18-,19+/m1/s1. The summed E-state index contributed by atoms with van der Waals surface area (Å²) in [5.41, 5.74) is 0.640. The molecular formula is C21H16BrCl2NO4. The van der Waals surface area contributed by atoms with Crippen molar-refractivity contribution in [2.24, 2.45) is 23.7 Å². The van der Waals surface area contributed by atoms with E-state index in [1.54, 1.807) is 42.5 Å². The van der Waals surface area contributed by atoms with Gasteiger partial charge in [-0.25, -0.2) is 0 Å². The Balaban J connectivity index is 1.28. The monoisotopic (exact) mass is 495 g/mol. The number of ether oxygens (including phenoxy) is 2. The van der Waals surface area contributed by atoms with E-state index >= 15 is 0 Å². The van der Waals surface area contributed by atoms with Crippen LogP contribution in [0, 0.1) is 23.7 Å². The van der Waals surface area contributed by atoms with Crippen molar-refractivity contribution in [3.63, 3.8) is 0 Å². The van der Waals surface area contributed by atoms with Crippen molar-refractivity contribution in [2.45, 2.75) is 17.4 Å². The predicted molar refractivity (Wildman–Crippen MR) is 113 cm³/mol. The maximum Gasteiger partial charge on any atom is 0.310 e. The fraction of sp³-hybridized carbons (Fsp3) is 0.333. The Morgan fingerprint density at radius 3 is 2.62 bits per heavy atom. The molecule has 1 N–H and O–H groups in total. The van der Waals surface area contributed by atoms with Crippen LogP contribution in [0.3, 0.4) is 0 Å². The van der Waals surface area contributed by atoms with E-state index in [2.05, 4.69) is 21.2 Å². The minimum absolute atomic E-state index is 0.0471. The maximum absolute atomic E-state index is 12.9. The summed E-state index contributed by atoms with van der Waals surface area (Å²) in [5.74, 6) is 0.269. The minimum atomic E-state index is -0.362. The van der Waals surface area contributed by atoms with E-state index in [-0.39, 0.29) is 46.5 Å². The molecule has 0 unspecified atom stereocenters. The fourth-order valence-corrected chi connectivity index (χ4v) is 6.34. The van der Waals surface area contributed by atoms with Gasteiger partial charge in [0.25, 0.3) is 0 Å². The Labute approximate surface area is 185 Å². The molecule has 1 amide bonds. The fourth-order valence-electron chi connectivity index (χ4n) is 4.85. The van der Waals surface area contributed by atoms with Crippen molar-refractivity contribution in [1.82, 2.24) is 0 Å². The number of alkyl halides is 1. The number of halogens is 3. The first-order valence-electron chi connectivity index (χ1n) is 9.31. The first-order valence-corrected chi connectivity index (χ1v) is 11.0. The molecule has 1 saturated heterocycles. The number of carbonyl (C=O) groups is 2. The van der Waals surface area contributed by atoms with Gasteiger partial charge in [-0.1, -0.05) is 39.1 Å². The van der Waals surface area contributed by atoms with Crippen LogP contribution in [0.4, 0.5) is 5.69 Å². The first-order chi connectivity index (χ1) is 13.9. The van der Waals surface area contributed by atoms with E-state index in [0.29, 0.717) is 27.2 Å². The Hall–Kier alpha value is -1.76. The van der Waals surface area contributed by atoms with Gasteiger partial charge in [-0.2, -0.15) is 0 Å². The molecule has 3 aliphatic rings. The van der Waals surface area contributed by atoms with Gasteiger partial charge in [-0.05, 0) is 54.8 Å². The van der Waals surface area contributed by atoms with Gasteiger partial charge in [0.05, 0.1) is 21.7 Å². The zero-order valence-electron chi connectivity index (χ0n) is 15.0. The van der Waals surface area contributed by atoms with Crippen molar-refractivity contribution in [2.75, 3.05) is 5.32 Å². The average Bonchev–Trinajstić information content (AvgIpc) is 3.30. The third kappa shape index (κ3) is 3.22. The highest BCUT2D eigenvalue weighted by atomic mass is 79.9. The zero-order valence-corrected chi connectivity index (χ0v) is 18.1. The van der Waals surface area contributed by atoms with Crippen LogP contribution >= 0.6 is 39.1 Å². The lowest BCUT2D eigenvalue weighted by Gasteiger charge is -2.27. The lowest BCUT2D eigenvalue weighted by atomic mass is 9.79. The highest BCUT2D eigenvalue weighted by Gasteiger charge is 2.67. The molecule has 2 bridgehead atoms. The van der Waals surface area contributed by atoms with Crippen LogP contribution in [0.1, 0.15) is 6.42 Å². The van der Waals surface area contributed by atoms with Gasteiger partial charge in [0.2, 0.25) is 5.91 Å². The van der Waals surface area contributed by atoms with Gasteiger partial charge in [0, 0.05) is 16.6 Å². The van der Waals surface area contributed by atoms with E-state index in [0.717, 1.165) is 6.42 Å². The second kappa shape index (κ2) is 7.18. The van der Waals surface area contributed by atoms with Crippen LogP contribution in [0.15, 0.2) is 42.5 Å². The molecule has 2 aliphatic carbocycles. The minimum Gasteiger partial charge on any atom is -0.461 e. The number of benzene rings is 2. The summed E-state index contributed by atoms with van der Waals surface area (Å²) in [6.07, 6.45) is 0.765. The highest BCUT2D eigenvalue weighted by molar-refractivity contribution is 9.09. The Morgan fingerprint density at radius 1 is 1.14 bits per heavy atom. The molecule has 1 aliphatic heterocycles.